The maximum absolute atomic E-state index is 14.4. The van der Waals surface area contributed by atoms with Crippen molar-refractivity contribution in [2.24, 2.45) is 5.92 Å². The number of benzene rings is 1. The van der Waals surface area contributed by atoms with E-state index in [1.165, 1.54) is 18.1 Å². The molecule has 51 heavy (non-hydrogen) atoms. The van der Waals surface area contributed by atoms with E-state index in [1.54, 1.807) is 38.4 Å². The third-order valence-electron chi connectivity index (χ3n) is 10.3. The number of hydrogen-bond acceptors (Lipinski definition) is 11. The molecule has 0 spiro atoms. The number of ether oxygens (including phenoxy) is 4. The van der Waals surface area contributed by atoms with Crippen molar-refractivity contribution in [3.8, 4) is 11.6 Å². The molecule has 276 valence electrons. The minimum atomic E-state index is -3.90. The van der Waals surface area contributed by atoms with E-state index in [4.69, 9.17) is 18.9 Å². The van der Waals surface area contributed by atoms with Crippen LogP contribution in [0.15, 0.2) is 43.1 Å². The first kappa shape index (κ1) is 36.4. The summed E-state index contributed by atoms with van der Waals surface area (Å²) in [7, 11) is -0.937. The summed E-state index contributed by atoms with van der Waals surface area (Å²) in [6.07, 6.45) is 4.90. The van der Waals surface area contributed by atoms with Gasteiger partial charge in [-0.2, -0.15) is 0 Å². The molecule has 0 unspecified atom stereocenters. The van der Waals surface area contributed by atoms with Gasteiger partial charge in [-0.25, -0.2) is 18.2 Å². The molecule has 4 amide bonds. The molecule has 2 aromatic rings. The van der Waals surface area contributed by atoms with Crippen LogP contribution in [0.2, 0.25) is 0 Å². The summed E-state index contributed by atoms with van der Waals surface area (Å²) in [6.45, 7) is 5.30. The van der Waals surface area contributed by atoms with Gasteiger partial charge >= 0.3 is 6.09 Å². The number of carbonyl (C=O) groups excluding carboxylic acids is 4. The summed E-state index contributed by atoms with van der Waals surface area (Å²) in [5.41, 5.74) is -1.56. The number of likely N-dealkylation sites (tertiary alicyclic amines) is 1. The molecule has 3 N–H and O–H groups in total. The van der Waals surface area contributed by atoms with Crippen LogP contribution in [0.3, 0.4) is 0 Å². The number of rotatable bonds is 14. The molecule has 0 radical (unpaired) electrons. The van der Waals surface area contributed by atoms with Crippen LogP contribution in [0.4, 0.5) is 4.79 Å². The van der Waals surface area contributed by atoms with Crippen LogP contribution in [0.1, 0.15) is 58.3 Å². The van der Waals surface area contributed by atoms with Crippen LogP contribution < -0.4 is 24.8 Å². The molecule has 4 aliphatic rings. The molecule has 3 aliphatic carbocycles. The minimum absolute atomic E-state index is 0.00320. The van der Waals surface area contributed by atoms with E-state index >= 15 is 0 Å². The average Bonchev–Trinajstić information content (AvgIpc) is 4.00. The van der Waals surface area contributed by atoms with Gasteiger partial charge in [0, 0.05) is 31.0 Å². The van der Waals surface area contributed by atoms with Crippen molar-refractivity contribution < 1.29 is 46.5 Å². The summed E-state index contributed by atoms with van der Waals surface area (Å²) < 4.78 is 50.2. The van der Waals surface area contributed by atoms with E-state index in [1.807, 2.05) is 6.07 Å². The first-order chi connectivity index (χ1) is 24.4. The molecule has 6 rings (SSSR count). The van der Waals surface area contributed by atoms with Gasteiger partial charge in [-0.05, 0) is 81.5 Å². The largest absolute Gasteiger partial charge is 0.497 e. The average molecular weight is 728 g/mol. The second kappa shape index (κ2) is 14.7. The summed E-state index contributed by atoms with van der Waals surface area (Å²) >= 11 is 0. The van der Waals surface area contributed by atoms with E-state index in [2.05, 4.69) is 26.9 Å². The fraction of sp³-hybridized carbons (Fsp3) is 0.571. The van der Waals surface area contributed by atoms with Crippen LogP contribution in [0, 0.1) is 5.92 Å². The third kappa shape index (κ3) is 7.76. The molecule has 6 atom stereocenters. The van der Waals surface area contributed by atoms with E-state index in [0.29, 0.717) is 24.0 Å². The Morgan fingerprint density at radius 3 is 2.47 bits per heavy atom. The molecule has 16 heteroatoms. The van der Waals surface area contributed by atoms with E-state index < -0.39 is 74.8 Å². The number of aromatic nitrogens is 1. The lowest BCUT2D eigenvalue weighted by atomic mass is 10.1. The summed E-state index contributed by atoms with van der Waals surface area (Å²) in [5.74, 6) is -1.77. The van der Waals surface area contributed by atoms with Crippen molar-refractivity contribution in [3.05, 3.63) is 43.1 Å². The molecule has 3 saturated carbocycles. The van der Waals surface area contributed by atoms with Gasteiger partial charge in [0.2, 0.25) is 27.7 Å². The van der Waals surface area contributed by atoms with Gasteiger partial charge < -0.3 is 34.5 Å². The second-order valence-electron chi connectivity index (χ2n) is 13.7. The fourth-order valence-electron chi connectivity index (χ4n) is 6.91. The Hall–Kier alpha value is -4.44. The number of sulfonamides is 1. The Morgan fingerprint density at radius 2 is 1.82 bits per heavy atom. The van der Waals surface area contributed by atoms with Gasteiger partial charge in [0.15, 0.2) is 0 Å². The predicted octanol–water partition coefficient (Wildman–Crippen LogP) is 2.33. The molecule has 1 aromatic carbocycles. The van der Waals surface area contributed by atoms with E-state index in [0.717, 1.165) is 31.1 Å². The molecule has 1 aliphatic heterocycles. The number of fused-ring (bicyclic) bond motifs is 1. The normalized spacial score (nSPS) is 25.8. The topological polar surface area (TPSA) is 192 Å². The number of pyridine rings is 1. The van der Waals surface area contributed by atoms with Crippen LogP contribution in [-0.4, -0.2) is 104 Å². The van der Waals surface area contributed by atoms with Crippen molar-refractivity contribution >= 4 is 44.6 Å². The first-order valence-electron chi connectivity index (χ1n) is 17.3. The van der Waals surface area contributed by atoms with Gasteiger partial charge in [-0.1, -0.05) is 6.08 Å². The van der Waals surface area contributed by atoms with Crippen molar-refractivity contribution in [2.45, 2.75) is 99.5 Å². The van der Waals surface area contributed by atoms with Crippen LogP contribution in [0.25, 0.3) is 10.8 Å². The Bertz CT molecular complexity index is 1800. The third-order valence-corrected chi connectivity index (χ3v) is 12.1. The van der Waals surface area contributed by atoms with Crippen LogP contribution in [-0.2, 0) is 33.9 Å². The SMILES string of the molecule is C=C[C@H]1C[C@@]1(NC(=O)[C@H]1C[C@@H](Oc2nccc3cc(OC)ccc23)CN1C(=O)[C@@H](NC(=O)OC1CCCC1)[C@H](C)OC)C(=O)NS(=O)(=O)C1CC1. The van der Waals surface area contributed by atoms with E-state index in [-0.39, 0.29) is 31.4 Å². The van der Waals surface area contributed by atoms with Gasteiger partial charge in [0.1, 0.15) is 35.6 Å². The first-order valence-corrected chi connectivity index (χ1v) is 18.8. The van der Waals surface area contributed by atoms with Crippen molar-refractivity contribution in [1.29, 1.82) is 0 Å². The maximum Gasteiger partial charge on any atom is 0.408 e. The Kier molecular flexibility index (Phi) is 10.4. The maximum atomic E-state index is 14.4. The lowest BCUT2D eigenvalue weighted by molar-refractivity contribution is -0.143. The zero-order valence-electron chi connectivity index (χ0n) is 29.0. The highest BCUT2D eigenvalue weighted by molar-refractivity contribution is 7.91. The predicted molar refractivity (Wildman–Crippen MR) is 184 cm³/mol. The smallest absolute Gasteiger partial charge is 0.408 e. The summed E-state index contributed by atoms with van der Waals surface area (Å²) in [6, 6.07) is 4.80. The van der Waals surface area contributed by atoms with Crippen molar-refractivity contribution in [3.63, 3.8) is 0 Å². The molecular formula is C35H45N5O10S. The molecule has 0 bridgehead atoms. The molecule has 1 aromatic heterocycles. The Balaban J connectivity index is 1.26. The molecule has 15 nitrogen and oxygen atoms in total. The van der Waals surface area contributed by atoms with Gasteiger partial charge in [-0.3, -0.25) is 19.1 Å². The van der Waals surface area contributed by atoms with Gasteiger partial charge in [0.05, 0.1) is 25.0 Å². The highest BCUT2D eigenvalue weighted by atomic mass is 32.2. The van der Waals surface area contributed by atoms with Crippen LogP contribution in [0.5, 0.6) is 11.6 Å². The Labute approximate surface area is 296 Å². The van der Waals surface area contributed by atoms with Gasteiger partial charge in [-0.15, -0.1) is 6.58 Å². The monoisotopic (exact) mass is 727 g/mol. The minimum Gasteiger partial charge on any atom is -0.497 e. The van der Waals surface area contributed by atoms with Crippen LogP contribution >= 0.6 is 0 Å². The number of nitrogens with one attached hydrogen (secondary N) is 3. The van der Waals surface area contributed by atoms with Crippen molar-refractivity contribution in [2.75, 3.05) is 20.8 Å². The number of amides is 4. The number of nitrogens with zero attached hydrogens (tertiary/aromatic N) is 2. The zero-order valence-corrected chi connectivity index (χ0v) is 29.8. The van der Waals surface area contributed by atoms with Crippen molar-refractivity contribution in [1.82, 2.24) is 25.2 Å². The second-order valence-corrected chi connectivity index (χ2v) is 15.7. The fourth-order valence-corrected chi connectivity index (χ4v) is 8.28. The Morgan fingerprint density at radius 1 is 1.08 bits per heavy atom. The number of carbonyl (C=O) groups is 4. The lowest BCUT2D eigenvalue weighted by Crippen LogP contribution is -2.60. The lowest BCUT2D eigenvalue weighted by Gasteiger charge is -2.31. The van der Waals surface area contributed by atoms with E-state index in [9.17, 15) is 27.6 Å². The standard InChI is InChI=1S/C35H45N5O10S/c1-5-22-18-35(22,33(43)39-51(45,46)26-11-12-26)38-30(41)28-17-25(49-31-27-13-10-24(48-4)16-21(27)14-15-36-31)19-40(28)32(42)29(20(2)47-3)37-34(44)50-23-8-6-7-9-23/h5,10,13-16,20,22-23,25-26,28-29H,1,6-9,11-12,17-19H2,2-4H3,(H,37,44)(H,38,41)(H,39,43)/t20-,22-,25+,28+,29-,35-/m0/s1. The molecule has 4 fully saturated rings. The number of methoxy groups -OCH3 is 2. The highest BCUT2D eigenvalue weighted by Gasteiger charge is 2.62. The number of alkyl carbamates (subject to hydrolysis) is 1. The summed E-state index contributed by atoms with van der Waals surface area (Å²) in [5, 5.41) is 6.26. The molecular weight excluding hydrogens is 682 g/mol. The highest BCUT2D eigenvalue weighted by Crippen LogP contribution is 2.45. The molecule has 1 saturated heterocycles. The van der Waals surface area contributed by atoms with Gasteiger partial charge in [0.25, 0.3) is 5.91 Å². The number of hydrogen-bond donors (Lipinski definition) is 3. The summed E-state index contributed by atoms with van der Waals surface area (Å²) in [4.78, 5) is 60.7. The molecule has 2 heterocycles. The quantitative estimate of drug-likeness (QED) is 0.242. The zero-order chi connectivity index (χ0) is 36.5.